The molecule has 0 aliphatic heterocycles. The van der Waals surface area contributed by atoms with Gasteiger partial charge in [-0.3, -0.25) is 0 Å². The van der Waals surface area contributed by atoms with Gasteiger partial charge in [-0.2, -0.15) is 19.9 Å². The van der Waals surface area contributed by atoms with E-state index in [1.165, 1.54) is 74.7 Å². The van der Waals surface area contributed by atoms with Crippen molar-refractivity contribution in [3.8, 4) is 46.8 Å². The maximum Gasteiger partial charge on any atom is 0.327 e. The molecule has 6 aromatic carbocycles. The molecule has 0 fully saturated rings. The van der Waals surface area contributed by atoms with Crippen LogP contribution in [0.25, 0.3) is 12.2 Å². The third-order valence-corrected chi connectivity index (χ3v) is 11.7. The van der Waals surface area contributed by atoms with Crippen molar-refractivity contribution in [1.82, 2.24) is 19.9 Å². The van der Waals surface area contributed by atoms with Gasteiger partial charge >= 0.3 is 12.0 Å². The van der Waals surface area contributed by atoms with Crippen LogP contribution in [0.1, 0.15) is 38.8 Å². The average molecular weight is 1040 g/mol. The number of hydrogen-bond acceptors (Lipinski definition) is 16. The Hall–Kier alpha value is -8.24. The highest BCUT2D eigenvalue weighted by Gasteiger charge is 2.16. The monoisotopic (exact) mass is 1040 g/mol. The Labute approximate surface area is 431 Å². The number of ether oxygens (including phenoxy) is 4. The fourth-order valence-electron chi connectivity index (χ4n) is 6.52. The molecular formula is C54H56N8O10S2. The quantitative estimate of drug-likeness (QED) is 0.0410. The molecule has 0 atom stereocenters. The number of para-hydroxylation sites is 4. The fourth-order valence-corrected chi connectivity index (χ4v) is 7.92. The standard InChI is InChI=1S/C46H34N6O10S2.2C4H11N/c53-63(54,55)39-27-33(47-41-29-43(59-35-13-5-1-6-14-35)51-45(49-41)61-37-17-9-3-10-18-37)25-23-31(39)21-22-32-24-26-34(28-40(32)64(56,57)58)48-42-30-44(60-36-15-7-2-8-16-36)52-46(50-42)62-38-19-11-4-12-20-38;2*1-3-5-4-2/h1-30H,(H,47,49,51)(H,48,50,52)(H,53,54,55)(H,56,57,58);2*5H,3-4H2,1-2H3/b22-21+;;. The van der Waals surface area contributed by atoms with Gasteiger partial charge in [-0.25, -0.2) is 16.8 Å². The second kappa shape index (κ2) is 27.5. The van der Waals surface area contributed by atoms with Crippen LogP contribution in [0.2, 0.25) is 0 Å². The molecule has 8 rings (SSSR count). The molecule has 8 aromatic rings. The lowest BCUT2D eigenvalue weighted by molar-refractivity contribution is -0.648. The lowest BCUT2D eigenvalue weighted by Gasteiger charge is -2.16. The zero-order valence-electron chi connectivity index (χ0n) is 41.0. The Bertz CT molecular complexity index is 2950. The van der Waals surface area contributed by atoms with Crippen molar-refractivity contribution in [3.05, 3.63) is 181 Å². The minimum Gasteiger partial charge on any atom is -0.744 e. The van der Waals surface area contributed by atoms with Crippen molar-refractivity contribution in [2.75, 3.05) is 36.8 Å². The van der Waals surface area contributed by atoms with Gasteiger partial charge in [0.25, 0.3) is 0 Å². The van der Waals surface area contributed by atoms with Crippen molar-refractivity contribution >= 4 is 55.4 Å². The molecule has 20 heteroatoms. The van der Waals surface area contributed by atoms with Gasteiger partial charge < -0.3 is 49.3 Å². The van der Waals surface area contributed by atoms with E-state index in [-0.39, 0.29) is 57.9 Å². The summed E-state index contributed by atoms with van der Waals surface area (Å²) in [5.74, 6) is 2.29. The summed E-state index contributed by atoms with van der Waals surface area (Å²) in [4.78, 5) is 16.1. The molecule has 0 spiro atoms. The first-order valence-electron chi connectivity index (χ1n) is 23.5. The summed E-state index contributed by atoms with van der Waals surface area (Å²) in [5, 5.41) is 10.4. The van der Waals surface area contributed by atoms with Crippen LogP contribution in [0.3, 0.4) is 0 Å². The SMILES string of the molecule is CC[NH2+]CC.CC[NH2+]CC.O=S(=O)([O-])c1cc(Nc2cc(Oc3ccccc3)nc(Oc3ccccc3)n2)ccc1/C=C/c1ccc(Nc2cc(Oc3ccccc3)nc(Oc3ccccc3)n2)cc1S(=O)(=O)[O-]. The fraction of sp³-hybridized carbons (Fsp3) is 0.148. The molecule has 0 bridgehead atoms. The predicted octanol–water partition coefficient (Wildman–Crippen LogP) is 9.08. The second-order valence-electron chi connectivity index (χ2n) is 15.6. The summed E-state index contributed by atoms with van der Waals surface area (Å²) < 4.78 is 99.2. The first kappa shape index (κ1) is 55.1. The molecule has 2 aromatic heterocycles. The Morgan fingerprint density at radius 3 is 1.03 bits per heavy atom. The van der Waals surface area contributed by atoms with Gasteiger partial charge in [0.2, 0.25) is 11.8 Å². The molecule has 0 amide bonds. The van der Waals surface area contributed by atoms with Crippen LogP contribution in [-0.4, -0.2) is 72.1 Å². The average Bonchev–Trinajstić information content (AvgIpc) is 3.37. The molecule has 0 saturated carbocycles. The lowest BCUT2D eigenvalue weighted by Crippen LogP contribution is -2.82. The van der Waals surface area contributed by atoms with E-state index in [0.717, 1.165) is 12.1 Å². The van der Waals surface area contributed by atoms with Gasteiger partial charge in [0.15, 0.2) is 0 Å². The van der Waals surface area contributed by atoms with E-state index >= 15 is 0 Å². The Morgan fingerprint density at radius 1 is 0.432 bits per heavy atom. The molecule has 0 aliphatic rings. The van der Waals surface area contributed by atoms with Crippen molar-refractivity contribution in [3.63, 3.8) is 0 Å². The third kappa shape index (κ3) is 17.8. The lowest BCUT2D eigenvalue weighted by atomic mass is 10.1. The highest BCUT2D eigenvalue weighted by atomic mass is 32.2. The first-order valence-corrected chi connectivity index (χ1v) is 26.3. The van der Waals surface area contributed by atoms with E-state index in [2.05, 4.69) is 68.9 Å². The molecule has 0 unspecified atom stereocenters. The third-order valence-electron chi connectivity index (χ3n) is 9.91. The largest absolute Gasteiger partial charge is 0.744 e. The Morgan fingerprint density at radius 2 is 0.743 bits per heavy atom. The second-order valence-corrected chi connectivity index (χ2v) is 18.3. The first-order chi connectivity index (χ1) is 35.7. The Balaban J connectivity index is 0.000000814. The van der Waals surface area contributed by atoms with E-state index < -0.39 is 30.0 Å². The van der Waals surface area contributed by atoms with Gasteiger partial charge in [-0.1, -0.05) is 97.1 Å². The van der Waals surface area contributed by atoms with Crippen LogP contribution >= 0.6 is 0 Å². The van der Waals surface area contributed by atoms with Crippen LogP contribution in [0.5, 0.6) is 46.8 Å². The van der Waals surface area contributed by atoms with Crippen LogP contribution < -0.4 is 40.2 Å². The van der Waals surface area contributed by atoms with E-state index in [9.17, 15) is 25.9 Å². The van der Waals surface area contributed by atoms with Crippen molar-refractivity contribution in [1.29, 1.82) is 0 Å². The highest BCUT2D eigenvalue weighted by Crippen LogP contribution is 2.32. The summed E-state index contributed by atoms with van der Waals surface area (Å²) >= 11 is 0. The maximum absolute atomic E-state index is 12.6. The minimum atomic E-state index is -5.12. The van der Waals surface area contributed by atoms with Crippen molar-refractivity contribution in [2.24, 2.45) is 0 Å². The molecule has 0 radical (unpaired) electrons. The Kier molecular flexibility index (Phi) is 20.5. The smallest absolute Gasteiger partial charge is 0.327 e. The number of rotatable bonds is 20. The zero-order chi connectivity index (χ0) is 52.8. The maximum atomic E-state index is 12.6. The minimum absolute atomic E-state index is 0.0932. The number of nitrogens with one attached hydrogen (secondary N) is 2. The van der Waals surface area contributed by atoms with E-state index in [4.69, 9.17) is 18.9 Å². The predicted molar refractivity (Wildman–Crippen MR) is 280 cm³/mol. The van der Waals surface area contributed by atoms with Crippen LogP contribution in [0.15, 0.2) is 180 Å². The molecule has 74 heavy (non-hydrogen) atoms. The number of aromatic nitrogens is 4. The van der Waals surface area contributed by atoms with Crippen molar-refractivity contribution < 1.29 is 55.5 Å². The van der Waals surface area contributed by atoms with Crippen LogP contribution in [0, 0.1) is 0 Å². The molecule has 18 nitrogen and oxygen atoms in total. The summed E-state index contributed by atoms with van der Waals surface area (Å²) in [6.07, 6.45) is 2.41. The number of hydrogen-bond donors (Lipinski definition) is 4. The normalized spacial score (nSPS) is 11.1. The van der Waals surface area contributed by atoms with Crippen LogP contribution in [-0.2, 0) is 20.2 Å². The number of nitrogens with two attached hydrogens (primary N) is 2. The van der Waals surface area contributed by atoms with E-state index in [1.807, 2.05) is 24.3 Å². The summed E-state index contributed by atoms with van der Waals surface area (Å²) in [7, 11) is -10.2. The number of quaternary nitrogens is 2. The van der Waals surface area contributed by atoms with Gasteiger partial charge in [0.05, 0.1) is 36.0 Å². The van der Waals surface area contributed by atoms with E-state index in [1.54, 1.807) is 97.1 Å². The zero-order valence-corrected chi connectivity index (χ0v) is 42.6. The molecule has 0 aliphatic carbocycles. The van der Waals surface area contributed by atoms with E-state index in [0.29, 0.717) is 23.0 Å². The van der Waals surface area contributed by atoms with Crippen LogP contribution in [0.4, 0.5) is 23.0 Å². The summed E-state index contributed by atoms with van der Waals surface area (Å²) in [6, 6.07) is 45.7. The topological polar surface area (TPSA) is 260 Å². The molecule has 384 valence electrons. The summed E-state index contributed by atoms with van der Waals surface area (Å²) in [5.41, 5.74) is 0.0796. The number of anilines is 4. The highest BCUT2D eigenvalue weighted by molar-refractivity contribution is 7.86. The van der Waals surface area contributed by atoms with Gasteiger partial charge in [-0.05, 0) is 112 Å². The van der Waals surface area contributed by atoms with Crippen molar-refractivity contribution in [2.45, 2.75) is 37.5 Å². The van der Waals surface area contributed by atoms with Gasteiger partial charge in [0, 0.05) is 23.5 Å². The van der Waals surface area contributed by atoms with Gasteiger partial charge in [-0.15, -0.1) is 0 Å². The molecular weight excluding hydrogens is 985 g/mol. The molecule has 0 saturated heterocycles. The van der Waals surface area contributed by atoms with Gasteiger partial charge in [0.1, 0.15) is 54.9 Å². The summed E-state index contributed by atoms with van der Waals surface area (Å²) in [6.45, 7) is 13.5. The molecule has 2 heterocycles. The number of benzene rings is 6. The number of nitrogens with zero attached hydrogens (tertiary/aromatic N) is 4. The molecule has 6 N–H and O–H groups in total.